The number of esters is 1. The van der Waals surface area contributed by atoms with Gasteiger partial charge in [0.15, 0.2) is 0 Å². The van der Waals surface area contributed by atoms with Crippen LogP contribution in [-0.2, 0) is 27.4 Å². The summed E-state index contributed by atoms with van der Waals surface area (Å²) in [5.74, 6) is -0.571. The third-order valence-corrected chi connectivity index (χ3v) is 1.87. The van der Waals surface area contributed by atoms with Gasteiger partial charge in [-0.05, 0) is 12.1 Å². The smallest absolute Gasteiger partial charge is 0.320 e. The lowest BCUT2D eigenvalue weighted by Gasteiger charge is -2.02. The van der Waals surface area contributed by atoms with Gasteiger partial charge in [0, 0.05) is 13.3 Å². The van der Waals surface area contributed by atoms with Gasteiger partial charge in [0.2, 0.25) is 0 Å². The number of carboxylic acid groups (broad SMARTS) is 1. The number of aliphatic carboxylic acids is 1. The quantitative estimate of drug-likeness (QED) is 0.701. The number of nitrogens with two attached hydrogens (primary N) is 1. The average Bonchev–Trinajstić information content (AvgIpc) is 2.62. The van der Waals surface area contributed by atoms with Crippen molar-refractivity contribution in [1.82, 2.24) is 0 Å². The predicted octanol–water partition coefficient (Wildman–Crippen LogP) is 0.297. The summed E-state index contributed by atoms with van der Waals surface area (Å²) in [6.45, 7) is 1.34. The summed E-state index contributed by atoms with van der Waals surface area (Å²) in [7, 11) is 0. The van der Waals surface area contributed by atoms with Gasteiger partial charge in [0.1, 0.15) is 24.2 Å². The molecule has 0 amide bonds. The Kier molecular flexibility index (Phi) is 4.07. The number of rotatable bonds is 5. The van der Waals surface area contributed by atoms with Crippen molar-refractivity contribution in [2.75, 3.05) is 0 Å². The third-order valence-electron chi connectivity index (χ3n) is 1.87. The summed E-state index contributed by atoms with van der Waals surface area (Å²) in [4.78, 5) is 21.0. The average molecular weight is 227 g/mol. The van der Waals surface area contributed by atoms with Crippen LogP contribution in [0.5, 0.6) is 0 Å². The number of carboxylic acids is 1. The largest absolute Gasteiger partial charge is 0.480 e. The molecule has 6 nitrogen and oxygen atoms in total. The van der Waals surface area contributed by atoms with Crippen LogP contribution < -0.4 is 5.73 Å². The van der Waals surface area contributed by atoms with E-state index in [2.05, 4.69) is 0 Å². The molecule has 88 valence electrons. The zero-order valence-corrected chi connectivity index (χ0v) is 8.80. The van der Waals surface area contributed by atoms with Gasteiger partial charge in [-0.25, -0.2) is 0 Å². The lowest BCUT2D eigenvalue weighted by atomic mass is 10.2. The summed E-state index contributed by atoms with van der Waals surface area (Å²) >= 11 is 0. The molecule has 1 heterocycles. The van der Waals surface area contributed by atoms with Crippen molar-refractivity contribution < 1.29 is 23.8 Å². The molecule has 0 fully saturated rings. The molecule has 0 spiro atoms. The molecular formula is C10H13NO5. The first-order valence-corrected chi connectivity index (χ1v) is 4.68. The molecule has 16 heavy (non-hydrogen) atoms. The summed E-state index contributed by atoms with van der Waals surface area (Å²) < 4.78 is 9.95. The molecule has 1 atom stereocenters. The van der Waals surface area contributed by atoms with Gasteiger partial charge in [0.05, 0.1) is 0 Å². The van der Waals surface area contributed by atoms with Crippen LogP contribution in [0.1, 0.15) is 18.4 Å². The van der Waals surface area contributed by atoms with Crippen LogP contribution in [0, 0.1) is 0 Å². The zero-order valence-electron chi connectivity index (χ0n) is 8.80. The van der Waals surface area contributed by atoms with E-state index in [1.165, 1.54) is 6.92 Å². The van der Waals surface area contributed by atoms with E-state index in [1.807, 2.05) is 0 Å². The zero-order chi connectivity index (χ0) is 12.1. The highest BCUT2D eigenvalue weighted by Crippen LogP contribution is 2.10. The van der Waals surface area contributed by atoms with Crippen molar-refractivity contribution in [2.45, 2.75) is 26.0 Å². The fourth-order valence-electron chi connectivity index (χ4n) is 1.09. The monoisotopic (exact) mass is 227 g/mol. The molecule has 0 aliphatic carbocycles. The Hall–Kier alpha value is -1.82. The standard InChI is InChI=1S/C10H13NO5/c1-6(12)15-5-8-3-2-7(16-8)4-9(11)10(13)14/h2-3,9H,4-5,11H2,1H3,(H,13,14). The van der Waals surface area contributed by atoms with E-state index in [0.717, 1.165) is 0 Å². The summed E-state index contributed by atoms with van der Waals surface area (Å²) in [6, 6.07) is 2.24. The number of carbonyl (C=O) groups excluding carboxylic acids is 1. The van der Waals surface area contributed by atoms with Gasteiger partial charge in [-0.15, -0.1) is 0 Å². The number of hydrogen-bond donors (Lipinski definition) is 2. The van der Waals surface area contributed by atoms with E-state index < -0.39 is 18.0 Å². The molecule has 1 rings (SSSR count). The van der Waals surface area contributed by atoms with E-state index in [0.29, 0.717) is 11.5 Å². The van der Waals surface area contributed by atoms with Crippen LogP contribution in [0.4, 0.5) is 0 Å². The van der Waals surface area contributed by atoms with Gasteiger partial charge in [-0.1, -0.05) is 0 Å². The molecule has 0 radical (unpaired) electrons. The van der Waals surface area contributed by atoms with E-state index >= 15 is 0 Å². The van der Waals surface area contributed by atoms with Crippen LogP contribution in [-0.4, -0.2) is 23.1 Å². The molecule has 1 aromatic heterocycles. The lowest BCUT2D eigenvalue weighted by molar-refractivity contribution is -0.142. The summed E-state index contributed by atoms with van der Waals surface area (Å²) in [5, 5.41) is 8.59. The molecule has 0 saturated heterocycles. The summed E-state index contributed by atoms with van der Waals surface area (Å²) in [5.41, 5.74) is 5.34. The minimum atomic E-state index is -1.09. The Bertz CT molecular complexity index is 384. The second kappa shape index (κ2) is 5.32. The van der Waals surface area contributed by atoms with Crippen molar-refractivity contribution in [3.63, 3.8) is 0 Å². The normalized spacial score (nSPS) is 12.1. The Morgan fingerprint density at radius 1 is 1.50 bits per heavy atom. The topological polar surface area (TPSA) is 103 Å². The number of hydrogen-bond acceptors (Lipinski definition) is 5. The minimum Gasteiger partial charge on any atom is -0.480 e. The molecule has 0 saturated carbocycles. The number of furan rings is 1. The molecule has 3 N–H and O–H groups in total. The molecule has 1 unspecified atom stereocenters. The van der Waals surface area contributed by atoms with Crippen LogP contribution in [0.25, 0.3) is 0 Å². The van der Waals surface area contributed by atoms with Crippen molar-refractivity contribution >= 4 is 11.9 Å². The fourth-order valence-corrected chi connectivity index (χ4v) is 1.09. The van der Waals surface area contributed by atoms with Crippen molar-refractivity contribution in [1.29, 1.82) is 0 Å². The SMILES string of the molecule is CC(=O)OCc1ccc(CC(N)C(=O)O)o1. The van der Waals surface area contributed by atoms with Crippen molar-refractivity contribution in [2.24, 2.45) is 5.73 Å². The van der Waals surface area contributed by atoms with E-state index in [4.69, 9.17) is 20.0 Å². The molecule has 0 aliphatic heterocycles. The Morgan fingerprint density at radius 2 is 2.12 bits per heavy atom. The molecular weight excluding hydrogens is 214 g/mol. The van der Waals surface area contributed by atoms with Gasteiger partial charge in [-0.3, -0.25) is 9.59 Å². The highest BCUT2D eigenvalue weighted by atomic mass is 16.5. The van der Waals surface area contributed by atoms with E-state index in [-0.39, 0.29) is 13.0 Å². The second-order valence-electron chi connectivity index (χ2n) is 3.30. The lowest BCUT2D eigenvalue weighted by Crippen LogP contribution is -2.32. The summed E-state index contributed by atoms with van der Waals surface area (Å²) in [6.07, 6.45) is 0.107. The first-order chi connectivity index (χ1) is 7.49. The Morgan fingerprint density at radius 3 is 2.69 bits per heavy atom. The number of carbonyl (C=O) groups is 2. The maximum atomic E-state index is 10.5. The van der Waals surface area contributed by atoms with Gasteiger partial charge in [-0.2, -0.15) is 0 Å². The molecule has 0 aromatic carbocycles. The minimum absolute atomic E-state index is 0.0393. The highest BCUT2D eigenvalue weighted by molar-refractivity contribution is 5.73. The molecule has 0 bridgehead atoms. The maximum Gasteiger partial charge on any atom is 0.320 e. The third kappa shape index (κ3) is 3.74. The first-order valence-electron chi connectivity index (χ1n) is 4.68. The number of ether oxygens (including phenoxy) is 1. The molecule has 0 aliphatic rings. The van der Waals surface area contributed by atoms with E-state index in [9.17, 15) is 9.59 Å². The van der Waals surface area contributed by atoms with Crippen LogP contribution in [0.2, 0.25) is 0 Å². The first kappa shape index (κ1) is 12.3. The van der Waals surface area contributed by atoms with Crippen LogP contribution in [0.15, 0.2) is 16.5 Å². The van der Waals surface area contributed by atoms with Crippen LogP contribution in [0.3, 0.4) is 0 Å². The van der Waals surface area contributed by atoms with Gasteiger partial charge >= 0.3 is 11.9 Å². The van der Waals surface area contributed by atoms with Crippen molar-refractivity contribution in [3.05, 3.63) is 23.7 Å². The van der Waals surface area contributed by atoms with E-state index in [1.54, 1.807) is 12.1 Å². The van der Waals surface area contributed by atoms with Crippen molar-refractivity contribution in [3.8, 4) is 0 Å². The predicted molar refractivity (Wildman–Crippen MR) is 53.5 cm³/mol. The van der Waals surface area contributed by atoms with Crippen LogP contribution >= 0.6 is 0 Å². The highest BCUT2D eigenvalue weighted by Gasteiger charge is 2.14. The molecule has 1 aromatic rings. The second-order valence-corrected chi connectivity index (χ2v) is 3.30. The van der Waals surface area contributed by atoms with Gasteiger partial charge in [0.25, 0.3) is 0 Å². The fraction of sp³-hybridized carbons (Fsp3) is 0.400. The molecule has 6 heteroatoms. The Labute approximate surface area is 92.0 Å². The van der Waals surface area contributed by atoms with Gasteiger partial charge < -0.3 is 20.0 Å². The maximum absolute atomic E-state index is 10.5. The Balaban J connectivity index is 2.51.